The van der Waals surface area contributed by atoms with E-state index >= 15 is 0 Å². The molecule has 0 saturated heterocycles. The third-order valence-corrected chi connectivity index (χ3v) is 13.3. The molecule has 2 nitrogen and oxygen atoms in total. The van der Waals surface area contributed by atoms with Crippen molar-refractivity contribution in [3.05, 3.63) is 91.0 Å². The molecule has 0 aliphatic heterocycles. The van der Waals surface area contributed by atoms with E-state index in [1.54, 1.807) is 0 Å². The third kappa shape index (κ3) is 8.14. The van der Waals surface area contributed by atoms with Gasteiger partial charge in [0.2, 0.25) is 0 Å². The average Bonchev–Trinajstić information content (AvgIpc) is 2.71. The first-order chi connectivity index (χ1) is 13.6. The number of rotatable bonds is 7. The minimum atomic E-state index is -1.69. The van der Waals surface area contributed by atoms with Gasteiger partial charge in [-0.25, -0.2) is 0 Å². The second-order valence-electron chi connectivity index (χ2n) is 5.76. The molecule has 0 heterocycles. The van der Waals surface area contributed by atoms with E-state index in [1.165, 1.54) is 13.2 Å². The van der Waals surface area contributed by atoms with Gasteiger partial charge in [-0.15, -0.1) is 0 Å². The van der Waals surface area contributed by atoms with Gasteiger partial charge in [0.05, 0.1) is 0 Å². The molecule has 0 aliphatic carbocycles. The van der Waals surface area contributed by atoms with Crippen molar-refractivity contribution in [2.24, 2.45) is 0 Å². The molecule has 0 spiro atoms. The molecule has 28 heavy (non-hydrogen) atoms. The molecular formula is C22H25GeO2PSe2. The molecule has 0 bridgehead atoms. The Balaban J connectivity index is 0.000000266. The molecule has 0 N–H and O–H groups in total. The van der Waals surface area contributed by atoms with E-state index in [-0.39, 0.29) is 0 Å². The molecule has 2 radical (unpaired) electrons. The number of hydrogen-bond donors (Lipinski definition) is 0. The van der Waals surface area contributed by atoms with E-state index in [4.69, 9.17) is 9.05 Å². The maximum absolute atomic E-state index is 5.25. The Morgan fingerprint density at radius 3 is 1.18 bits per heavy atom. The summed E-state index contributed by atoms with van der Waals surface area (Å²) >= 11 is 4.10. The quantitative estimate of drug-likeness (QED) is 0.315. The van der Waals surface area contributed by atoms with Crippen LogP contribution in [0.15, 0.2) is 91.0 Å². The van der Waals surface area contributed by atoms with Gasteiger partial charge in [-0.1, -0.05) is 0 Å². The van der Waals surface area contributed by atoms with Crippen LogP contribution in [0.25, 0.3) is 0 Å². The van der Waals surface area contributed by atoms with Crippen LogP contribution in [0.4, 0.5) is 0 Å². The first-order valence-corrected chi connectivity index (χ1v) is 18.4. The number of benzene rings is 3. The fraction of sp³-hybridized carbons (Fsp3) is 0.182. The van der Waals surface area contributed by atoms with Crippen molar-refractivity contribution >= 4 is 62.9 Å². The van der Waals surface area contributed by atoms with E-state index < -0.39 is 19.0 Å². The third-order valence-electron chi connectivity index (χ3n) is 3.76. The van der Waals surface area contributed by atoms with Crippen LogP contribution in [0.5, 0.6) is 0 Å². The SMILES string of the molecule is CCOP([Se])(=[Se])OCC.c1cc[c]([Ge]([c]2ccccc2)[c]2ccccc2)cc1. The summed E-state index contributed by atoms with van der Waals surface area (Å²) in [4.78, 5) is 0. The van der Waals surface area contributed by atoms with E-state index in [9.17, 15) is 0 Å². The molecule has 0 atom stereocenters. The number of hydrogen-bond acceptors (Lipinski definition) is 2. The summed E-state index contributed by atoms with van der Waals surface area (Å²) in [6.45, 7) is 5.27. The molecule has 3 aromatic carbocycles. The Morgan fingerprint density at radius 1 is 0.643 bits per heavy atom. The van der Waals surface area contributed by atoms with Crippen molar-refractivity contribution in [2.75, 3.05) is 13.2 Å². The van der Waals surface area contributed by atoms with Gasteiger partial charge >= 0.3 is 190 Å². The summed E-state index contributed by atoms with van der Waals surface area (Å²) in [5.41, 5.74) is 0. The van der Waals surface area contributed by atoms with Crippen molar-refractivity contribution in [3.63, 3.8) is 0 Å². The summed E-state index contributed by atoms with van der Waals surface area (Å²) in [5.74, 6) is 0. The molecule has 3 rings (SSSR count). The van der Waals surface area contributed by atoms with Crippen molar-refractivity contribution < 1.29 is 9.05 Å². The van der Waals surface area contributed by atoms with Crippen molar-refractivity contribution in [2.45, 2.75) is 13.8 Å². The zero-order chi connectivity index (χ0) is 20.2. The van der Waals surface area contributed by atoms with Gasteiger partial charge in [0.1, 0.15) is 0 Å². The molecular weight excluding hydrogens is 558 g/mol. The Morgan fingerprint density at radius 2 is 0.929 bits per heavy atom. The predicted molar refractivity (Wildman–Crippen MR) is 126 cm³/mol. The monoisotopic (exact) mass is 586 g/mol. The van der Waals surface area contributed by atoms with Gasteiger partial charge < -0.3 is 0 Å². The zero-order valence-electron chi connectivity index (χ0n) is 16.2. The Hall–Kier alpha value is -0.408. The van der Waals surface area contributed by atoms with Crippen LogP contribution in [0.2, 0.25) is 0 Å². The molecule has 146 valence electrons. The van der Waals surface area contributed by atoms with Crippen LogP contribution >= 0.6 is 4.65 Å². The molecule has 0 aromatic heterocycles. The first-order valence-electron chi connectivity index (χ1n) is 9.20. The zero-order valence-corrected chi connectivity index (χ0v) is 22.6. The van der Waals surface area contributed by atoms with Gasteiger partial charge in [0.15, 0.2) is 0 Å². The van der Waals surface area contributed by atoms with E-state index in [2.05, 4.69) is 122 Å². The van der Waals surface area contributed by atoms with Crippen LogP contribution in [-0.4, -0.2) is 58.2 Å². The standard InChI is InChI=1S/C18H15Ge.C4H10O2PSe2/c1-4-10-16(11-5-1)19(17-12-6-2-7-13-17)18-14-8-3-9-15-18;1-3-5-7(8,9)6-4-2/h1-15H;3-4H2,1-2H3. The van der Waals surface area contributed by atoms with Crippen molar-refractivity contribution in [3.8, 4) is 0 Å². The van der Waals surface area contributed by atoms with Crippen molar-refractivity contribution in [1.29, 1.82) is 0 Å². The molecule has 3 aromatic rings. The van der Waals surface area contributed by atoms with Crippen molar-refractivity contribution in [1.82, 2.24) is 0 Å². The van der Waals surface area contributed by atoms with Crippen LogP contribution in [0, 0.1) is 0 Å². The first kappa shape index (κ1) is 23.9. The summed E-state index contributed by atoms with van der Waals surface area (Å²) in [6.07, 6.45) is 0. The van der Waals surface area contributed by atoms with Crippen LogP contribution in [0.1, 0.15) is 13.8 Å². The van der Waals surface area contributed by atoms with Gasteiger partial charge in [-0.05, 0) is 0 Å². The van der Waals surface area contributed by atoms with Gasteiger partial charge in [-0.3, -0.25) is 0 Å². The maximum atomic E-state index is 5.25. The normalized spacial score (nSPS) is 11.0. The van der Waals surface area contributed by atoms with Gasteiger partial charge in [-0.2, -0.15) is 0 Å². The summed E-state index contributed by atoms with van der Waals surface area (Å²) in [7, 11) is 0. The molecule has 0 fully saturated rings. The summed E-state index contributed by atoms with van der Waals surface area (Å²) in [6, 6.07) is 32.8. The van der Waals surface area contributed by atoms with E-state index in [0.29, 0.717) is 13.2 Å². The molecule has 0 unspecified atom stereocenters. The Labute approximate surface area is 189 Å². The van der Waals surface area contributed by atoms with E-state index in [0.717, 1.165) is 0 Å². The Kier molecular flexibility index (Phi) is 11.1. The molecule has 0 saturated carbocycles. The van der Waals surface area contributed by atoms with E-state index in [1.807, 2.05) is 13.8 Å². The average molecular weight is 583 g/mol. The predicted octanol–water partition coefficient (Wildman–Crippen LogP) is 3.28. The topological polar surface area (TPSA) is 18.5 Å². The van der Waals surface area contributed by atoms with Crippen LogP contribution < -0.4 is 13.2 Å². The summed E-state index contributed by atoms with van der Waals surface area (Å²) in [5, 5.41) is 0. The second-order valence-corrected chi connectivity index (χ2v) is 21.9. The Bertz CT molecular complexity index is 744. The van der Waals surface area contributed by atoms with Gasteiger partial charge in [0, 0.05) is 0 Å². The second kappa shape index (κ2) is 13.0. The minimum absolute atomic E-state index is 0.688. The van der Waals surface area contributed by atoms with Crippen LogP contribution in [0.3, 0.4) is 0 Å². The molecule has 0 aliphatic rings. The molecule has 0 amide bonds. The van der Waals surface area contributed by atoms with Gasteiger partial charge in [0.25, 0.3) is 0 Å². The fourth-order valence-electron chi connectivity index (χ4n) is 2.67. The summed E-state index contributed by atoms with van der Waals surface area (Å²) < 4.78 is 13.3. The fourth-order valence-corrected chi connectivity index (χ4v) is 11.4. The molecule has 6 heteroatoms. The van der Waals surface area contributed by atoms with Crippen LogP contribution in [-0.2, 0) is 9.05 Å².